The van der Waals surface area contributed by atoms with Crippen molar-refractivity contribution in [2.75, 3.05) is 45.8 Å². The van der Waals surface area contributed by atoms with Crippen LogP contribution in [0.3, 0.4) is 0 Å². The number of methoxy groups -OCH3 is 1. The standard InChI is InChI=1S/C29H31F3N6O4/c1-18-24(26(40)42-4)25(23-10-9-19(17-33)15-20(23)11-13-38(2,3)12-6-14-39)37-27(34-35-28(37)41)36(18)22-8-5-7-21(16-22)29(30,31)32/h5,7-10,15-16,25,39H,6,11-14H2,1-4H3/p+1/t25-/m1/s1. The van der Waals surface area contributed by atoms with Gasteiger partial charge in [0.05, 0.1) is 57.1 Å². The quantitative estimate of drug-likeness (QED) is 0.290. The Bertz CT molecular complexity index is 1620. The maximum absolute atomic E-state index is 13.6. The zero-order chi connectivity index (χ0) is 30.8. The summed E-state index contributed by atoms with van der Waals surface area (Å²) in [5.74, 6) is -0.786. The van der Waals surface area contributed by atoms with Gasteiger partial charge >= 0.3 is 17.8 Å². The van der Waals surface area contributed by atoms with Crippen LogP contribution in [0, 0.1) is 11.3 Å². The second kappa shape index (κ2) is 11.8. The molecule has 0 unspecified atom stereocenters. The molecule has 3 aromatic rings. The number of nitrogens with zero attached hydrogens (tertiary/aromatic N) is 5. The number of quaternary nitrogens is 1. The Labute approximate surface area is 240 Å². The van der Waals surface area contributed by atoms with Gasteiger partial charge in [-0.05, 0) is 48.4 Å². The van der Waals surface area contributed by atoms with Crippen molar-refractivity contribution in [1.82, 2.24) is 14.8 Å². The van der Waals surface area contributed by atoms with Gasteiger partial charge < -0.3 is 14.3 Å². The third-order valence-corrected chi connectivity index (χ3v) is 7.45. The Hall–Kier alpha value is -4.41. The highest BCUT2D eigenvalue weighted by Crippen LogP contribution is 2.43. The number of ether oxygens (including phenoxy) is 1. The van der Waals surface area contributed by atoms with Crippen LogP contribution in [0.5, 0.6) is 0 Å². The van der Waals surface area contributed by atoms with Crippen molar-refractivity contribution in [2.45, 2.75) is 32.0 Å². The van der Waals surface area contributed by atoms with Gasteiger partial charge in [0.2, 0.25) is 5.95 Å². The highest BCUT2D eigenvalue weighted by Gasteiger charge is 2.41. The molecule has 0 bridgehead atoms. The van der Waals surface area contributed by atoms with E-state index in [0.717, 1.165) is 12.1 Å². The lowest BCUT2D eigenvalue weighted by atomic mass is 9.89. The minimum absolute atomic E-state index is 0.0103. The minimum Gasteiger partial charge on any atom is -0.466 e. The molecule has 2 heterocycles. The van der Waals surface area contributed by atoms with E-state index in [9.17, 15) is 33.1 Å². The van der Waals surface area contributed by atoms with E-state index in [0.29, 0.717) is 47.1 Å². The summed E-state index contributed by atoms with van der Waals surface area (Å²) in [7, 11) is 5.21. The first-order chi connectivity index (χ1) is 19.8. The van der Waals surface area contributed by atoms with E-state index in [1.807, 2.05) is 14.1 Å². The lowest BCUT2D eigenvalue weighted by molar-refractivity contribution is -0.890. The molecule has 0 amide bonds. The van der Waals surface area contributed by atoms with E-state index in [4.69, 9.17) is 4.74 Å². The number of rotatable bonds is 9. The molecule has 0 saturated heterocycles. The van der Waals surface area contributed by atoms with Gasteiger partial charge in [0, 0.05) is 30.8 Å². The zero-order valence-corrected chi connectivity index (χ0v) is 23.7. The topological polar surface area (TPSA) is 124 Å². The summed E-state index contributed by atoms with van der Waals surface area (Å²) in [6.07, 6.45) is -3.55. The van der Waals surface area contributed by atoms with Gasteiger partial charge in [-0.25, -0.2) is 19.3 Å². The number of nitrogens with one attached hydrogen (secondary N) is 1. The van der Waals surface area contributed by atoms with Crippen LogP contribution >= 0.6 is 0 Å². The number of likely N-dealkylation sites (N-methyl/N-ethyl adjacent to an activating group) is 1. The molecule has 1 aliphatic heterocycles. The van der Waals surface area contributed by atoms with Crippen molar-refractivity contribution in [2.24, 2.45) is 0 Å². The average molecular weight is 586 g/mol. The number of esters is 1. The predicted octanol–water partition coefficient (Wildman–Crippen LogP) is 3.65. The number of carbonyl (C=O) groups is 1. The lowest BCUT2D eigenvalue weighted by Gasteiger charge is -2.36. The number of allylic oxidation sites excluding steroid dienone is 1. The lowest BCUT2D eigenvalue weighted by Crippen LogP contribution is -2.42. The third-order valence-electron chi connectivity index (χ3n) is 7.45. The van der Waals surface area contributed by atoms with Gasteiger partial charge in [0.1, 0.15) is 6.04 Å². The fourth-order valence-electron chi connectivity index (χ4n) is 5.27. The summed E-state index contributed by atoms with van der Waals surface area (Å²) in [6.45, 7) is 2.94. The van der Waals surface area contributed by atoms with Gasteiger partial charge in [0.15, 0.2) is 0 Å². The molecule has 0 aliphatic carbocycles. The molecular weight excluding hydrogens is 553 g/mol. The van der Waals surface area contributed by atoms with Crippen LogP contribution in [0.4, 0.5) is 24.8 Å². The molecule has 0 spiro atoms. The van der Waals surface area contributed by atoms with E-state index in [-0.39, 0.29) is 29.5 Å². The minimum atomic E-state index is -4.62. The van der Waals surface area contributed by atoms with Crippen molar-refractivity contribution in [1.29, 1.82) is 5.26 Å². The normalized spacial score (nSPS) is 15.4. The van der Waals surface area contributed by atoms with Crippen LogP contribution in [-0.4, -0.2) is 71.2 Å². The number of aromatic nitrogens is 3. The number of aliphatic hydroxyl groups excluding tert-OH is 1. The van der Waals surface area contributed by atoms with Crippen LogP contribution in [0.2, 0.25) is 0 Å². The Morgan fingerprint density at radius 2 is 1.95 bits per heavy atom. The van der Waals surface area contributed by atoms with Crippen molar-refractivity contribution in [3.63, 3.8) is 0 Å². The molecule has 1 atom stereocenters. The number of H-pyrrole nitrogens is 1. The number of fused-ring (bicyclic) bond motifs is 1. The van der Waals surface area contributed by atoms with Crippen LogP contribution < -0.4 is 10.6 Å². The number of nitriles is 1. The number of benzene rings is 2. The molecule has 42 heavy (non-hydrogen) atoms. The van der Waals surface area contributed by atoms with E-state index < -0.39 is 29.4 Å². The zero-order valence-electron chi connectivity index (χ0n) is 23.7. The number of carbonyl (C=O) groups excluding carboxylic acids is 1. The van der Waals surface area contributed by atoms with E-state index in [2.05, 4.69) is 16.3 Å². The van der Waals surface area contributed by atoms with Gasteiger partial charge in [-0.15, -0.1) is 5.10 Å². The van der Waals surface area contributed by atoms with Crippen LogP contribution in [0.1, 0.15) is 41.6 Å². The van der Waals surface area contributed by atoms with E-state index in [1.165, 1.54) is 28.7 Å². The first kappa shape index (κ1) is 30.5. The molecule has 0 saturated carbocycles. The number of hydrogen-bond donors (Lipinski definition) is 2. The molecule has 1 aliphatic rings. The molecule has 10 nitrogen and oxygen atoms in total. The first-order valence-electron chi connectivity index (χ1n) is 13.2. The molecule has 4 rings (SSSR count). The number of aromatic amines is 1. The Kier molecular flexibility index (Phi) is 8.60. The van der Waals surface area contributed by atoms with Crippen LogP contribution in [0.15, 0.2) is 58.5 Å². The summed E-state index contributed by atoms with van der Waals surface area (Å²) in [5.41, 5.74) is 0.351. The predicted molar refractivity (Wildman–Crippen MR) is 148 cm³/mol. The summed E-state index contributed by atoms with van der Waals surface area (Å²) >= 11 is 0. The summed E-state index contributed by atoms with van der Waals surface area (Å²) < 4.78 is 47.7. The van der Waals surface area contributed by atoms with Gasteiger partial charge in [-0.1, -0.05) is 12.1 Å². The molecule has 2 N–H and O–H groups in total. The summed E-state index contributed by atoms with van der Waals surface area (Å²) in [6, 6.07) is 10.5. The van der Waals surface area contributed by atoms with Gasteiger partial charge in [-0.2, -0.15) is 18.4 Å². The molecule has 222 valence electrons. The van der Waals surface area contributed by atoms with E-state index in [1.54, 1.807) is 25.1 Å². The maximum Gasteiger partial charge on any atom is 0.416 e. The number of anilines is 2. The molecule has 2 aromatic carbocycles. The Morgan fingerprint density at radius 3 is 2.60 bits per heavy atom. The second-order valence-electron chi connectivity index (χ2n) is 10.7. The molecule has 13 heteroatoms. The Balaban J connectivity index is 1.93. The highest BCUT2D eigenvalue weighted by atomic mass is 19.4. The monoisotopic (exact) mass is 585 g/mol. The van der Waals surface area contributed by atoms with E-state index >= 15 is 0 Å². The average Bonchev–Trinajstić information content (AvgIpc) is 3.34. The number of alkyl halides is 3. The summed E-state index contributed by atoms with van der Waals surface area (Å²) in [5, 5.41) is 25.4. The second-order valence-corrected chi connectivity index (χ2v) is 10.7. The number of hydrogen-bond acceptors (Lipinski definition) is 7. The molecule has 0 fully saturated rings. The van der Waals surface area contributed by atoms with Crippen LogP contribution in [0.25, 0.3) is 0 Å². The smallest absolute Gasteiger partial charge is 0.416 e. The SMILES string of the molecule is COC(=O)C1=C(C)N(c2cccc(C(F)(F)F)c2)c2n[nH]c(=O)n2[C@@H]1c1ccc(C#N)cc1CC[N+](C)(C)CCCO. The van der Waals surface area contributed by atoms with Crippen molar-refractivity contribution in [3.05, 3.63) is 86.5 Å². The summed E-state index contributed by atoms with van der Waals surface area (Å²) in [4.78, 5) is 27.9. The fourth-order valence-corrected chi connectivity index (χ4v) is 5.27. The first-order valence-corrected chi connectivity index (χ1v) is 13.2. The maximum atomic E-state index is 13.6. The number of halogens is 3. The highest BCUT2D eigenvalue weighted by molar-refractivity contribution is 5.93. The molecular formula is C29H32F3N6O4+. The van der Waals surface area contributed by atoms with Gasteiger partial charge in [0.25, 0.3) is 0 Å². The van der Waals surface area contributed by atoms with Crippen molar-refractivity contribution >= 4 is 17.6 Å². The fraction of sp³-hybridized carbons (Fsp3) is 0.379. The molecule has 1 aromatic heterocycles. The van der Waals surface area contributed by atoms with Crippen LogP contribution in [-0.2, 0) is 22.1 Å². The number of aliphatic hydroxyl groups is 1. The van der Waals surface area contributed by atoms with Gasteiger partial charge in [-0.3, -0.25) is 4.90 Å². The van der Waals surface area contributed by atoms with Crippen molar-refractivity contribution < 1.29 is 32.3 Å². The third kappa shape index (κ3) is 5.95. The largest absolute Gasteiger partial charge is 0.466 e. The molecule has 0 radical (unpaired) electrons. The Morgan fingerprint density at radius 1 is 1.21 bits per heavy atom. The van der Waals surface area contributed by atoms with Crippen molar-refractivity contribution in [3.8, 4) is 6.07 Å².